The van der Waals surface area contributed by atoms with E-state index in [1.165, 1.54) is 15.7 Å². The number of aromatic amines is 1. The average Bonchev–Trinajstić information content (AvgIpc) is 3.24. The van der Waals surface area contributed by atoms with Crippen molar-refractivity contribution in [2.24, 2.45) is 0 Å². The lowest BCUT2D eigenvalue weighted by Crippen LogP contribution is -2.31. The van der Waals surface area contributed by atoms with Crippen LogP contribution in [0.2, 0.25) is 0 Å². The second-order valence-corrected chi connectivity index (χ2v) is 7.44. The Morgan fingerprint density at radius 2 is 1.61 bits per heavy atom. The highest BCUT2D eigenvalue weighted by molar-refractivity contribution is 6.14. The highest BCUT2D eigenvalue weighted by atomic mass is 16.2. The van der Waals surface area contributed by atoms with Crippen LogP contribution in [0.1, 0.15) is 30.9 Å². The molecule has 158 valence electrons. The second kappa shape index (κ2) is 8.87. The van der Waals surface area contributed by atoms with Crippen molar-refractivity contribution < 1.29 is 9.59 Å². The molecule has 0 aliphatic carbocycles. The van der Waals surface area contributed by atoms with E-state index in [9.17, 15) is 14.4 Å². The third-order valence-corrected chi connectivity index (χ3v) is 5.22. The number of carbonyl (C=O) groups excluding carboxylic acids is 2. The van der Waals surface area contributed by atoms with E-state index < -0.39 is 11.9 Å². The standard InChI is InChI=1S/C24H24N4O3/c1-2-3-14-27-23(30)20(25-24(27)31)15-19-21(18-12-8-5-9-13-18)26-28(22(19)29)16-17-10-6-4-7-11-17/h4-13,15,26H,2-3,14,16H2,1H3,(H,25,31)/b20-15-. The molecule has 0 saturated carbocycles. The number of nitrogens with zero attached hydrogens (tertiary/aromatic N) is 2. The van der Waals surface area contributed by atoms with E-state index in [-0.39, 0.29) is 11.3 Å². The van der Waals surface area contributed by atoms with Crippen LogP contribution in [0.3, 0.4) is 0 Å². The normalized spacial score (nSPS) is 15.0. The van der Waals surface area contributed by atoms with Crippen LogP contribution in [0.4, 0.5) is 4.79 Å². The lowest BCUT2D eigenvalue weighted by Gasteiger charge is -2.09. The van der Waals surface area contributed by atoms with Crippen LogP contribution in [-0.4, -0.2) is 33.2 Å². The molecule has 2 heterocycles. The number of amides is 3. The van der Waals surface area contributed by atoms with Gasteiger partial charge in [-0.25, -0.2) is 9.48 Å². The van der Waals surface area contributed by atoms with Gasteiger partial charge in [-0.15, -0.1) is 0 Å². The fraction of sp³-hybridized carbons (Fsp3) is 0.208. The minimum Gasteiger partial charge on any atom is -0.303 e. The van der Waals surface area contributed by atoms with Crippen molar-refractivity contribution >= 4 is 18.0 Å². The number of carbonyl (C=O) groups is 2. The number of H-pyrrole nitrogens is 1. The van der Waals surface area contributed by atoms with Gasteiger partial charge >= 0.3 is 6.03 Å². The van der Waals surface area contributed by atoms with E-state index in [2.05, 4.69) is 10.4 Å². The van der Waals surface area contributed by atoms with Crippen molar-refractivity contribution in [2.45, 2.75) is 26.3 Å². The predicted octanol–water partition coefficient (Wildman–Crippen LogP) is 3.58. The van der Waals surface area contributed by atoms with Gasteiger partial charge in [-0.2, -0.15) is 0 Å². The number of benzene rings is 2. The Labute approximate surface area is 180 Å². The summed E-state index contributed by atoms with van der Waals surface area (Å²) in [4.78, 5) is 39.4. The van der Waals surface area contributed by atoms with E-state index in [1.807, 2.05) is 67.6 Å². The van der Waals surface area contributed by atoms with E-state index in [1.54, 1.807) is 0 Å². The first-order valence-corrected chi connectivity index (χ1v) is 10.3. The smallest absolute Gasteiger partial charge is 0.303 e. The van der Waals surface area contributed by atoms with Gasteiger partial charge in [-0.05, 0) is 18.1 Å². The van der Waals surface area contributed by atoms with Crippen molar-refractivity contribution in [3.05, 3.63) is 87.8 Å². The summed E-state index contributed by atoms with van der Waals surface area (Å²) < 4.78 is 1.51. The number of aromatic nitrogens is 2. The van der Waals surface area contributed by atoms with Gasteiger partial charge < -0.3 is 5.32 Å². The van der Waals surface area contributed by atoms with Crippen molar-refractivity contribution in [1.29, 1.82) is 0 Å². The van der Waals surface area contributed by atoms with Gasteiger partial charge in [0.2, 0.25) is 0 Å². The summed E-state index contributed by atoms with van der Waals surface area (Å²) in [6.45, 7) is 2.72. The molecular weight excluding hydrogens is 392 g/mol. The van der Waals surface area contributed by atoms with E-state index in [0.29, 0.717) is 24.3 Å². The van der Waals surface area contributed by atoms with Crippen molar-refractivity contribution in [1.82, 2.24) is 20.0 Å². The van der Waals surface area contributed by atoms with Crippen molar-refractivity contribution in [3.8, 4) is 11.3 Å². The molecule has 0 atom stereocenters. The quantitative estimate of drug-likeness (QED) is 0.456. The molecule has 3 aromatic rings. The summed E-state index contributed by atoms with van der Waals surface area (Å²) in [6.07, 6.45) is 3.08. The van der Waals surface area contributed by atoms with Crippen LogP contribution in [0.5, 0.6) is 0 Å². The van der Waals surface area contributed by atoms with E-state index in [4.69, 9.17) is 0 Å². The molecule has 0 bridgehead atoms. The number of unbranched alkanes of at least 4 members (excludes halogenated alkanes) is 1. The number of hydrogen-bond acceptors (Lipinski definition) is 3. The Bertz CT molecular complexity index is 1180. The first-order valence-electron chi connectivity index (χ1n) is 10.3. The van der Waals surface area contributed by atoms with Crippen molar-refractivity contribution in [3.63, 3.8) is 0 Å². The van der Waals surface area contributed by atoms with Gasteiger partial charge in [0, 0.05) is 12.1 Å². The van der Waals surface area contributed by atoms with Crippen LogP contribution in [0.15, 0.2) is 71.2 Å². The number of imide groups is 1. The van der Waals surface area contributed by atoms with Crippen LogP contribution in [-0.2, 0) is 11.3 Å². The summed E-state index contributed by atoms with van der Waals surface area (Å²) in [5.41, 5.74) is 2.58. The van der Waals surface area contributed by atoms with Gasteiger partial charge in [0.05, 0.1) is 17.8 Å². The molecule has 0 unspecified atom stereocenters. The highest BCUT2D eigenvalue weighted by Crippen LogP contribution is 2.23. The predicted molar refractivity (Wildman–Crippen MR) is 119 cm³/mol. The summed E-state index contributed by atoms with van der Waals surface area (Å²) in [6, 6.07) is 18.6. The third-order valence-electron chi connectivity index (χ3n) is 5.22. The Kier molecular flexibility index (Phi) is 5.84. The molecule has 2 aromatic carbocycles. The zero-order valence-electron chi connectivity index (χ0n) is 17.3. The molecule has 1 aliphatic heterocycles. The highest BCUT2D eigenvalue weighted by Gasteiger charge is 2.33. The first-order chi connectivity index (χ1) is 15.1. The Morgan fingerprint density at radius 1 is 0.935 bits per heavy atom. The molecule has 1 saturated heterocycles. The van der Waals surface area contributed by atoms with Crippen LogP contribution in [0.25, 0.3) is 17.3 Å². The molecule has 0 spiro atoms. The lowest BCUT2D eigenvalue weighted by molar-refractivity contribution is -0.122. The van der Waals surface area contributed by atoms with Gasteiger partial charge in [0.1, 0.15) is 5.70 Å². The van der Waals surface area contributed by atoms with E-state index >= 15 is 0 Å². The Hall–Kier alpha value is -3.87. The molecule has 0 radical (unpaired) electrons. The van der Waals surface area contributed by atoms with Gasteiger partial charge in [0.15, 0.2) is 0 Å². The zero-order chi connectivity index (χ0) is 21.8. The third kappa shape index (κ3) is 4.21. The molecule has 7 heteroatoms. The minimum atomic E-state index is -0.453. The topological polar surface area (TPSA) is 87.2 Å². The van der Waals surface area contributed by atoms with Crippen LogP contribution in [0, 0.1) is 0 Å². The van der Waals surface area contributed by atoms with Gasteiger partial charge in [-0.1, -0.05) is 74.0 Å². The van der Waals surface area contributed by atoms with E-state index in [0.717, 1.165) is 24.0 Å². The molecule has 1 fully saturated rings. The number of urea groups is 1. The fourth-order valence-corrected chi connectivity index (χ4v) is 3.57. The largest absolute Gasteiger partial charge is 0.329 e. The molecular formula is C24H24N4O3. The molecule has 4 rings (SSSR count). The molecule has 1 aromatic heterocycles. The molecule has 7 nitrogen and oxygen atoms in total. The first kappa shape index (κ1) is 20.4. The Balaban J connectivity index is 1.76. The van der Waals surface area contributed by atoms with Crippen LogP contribution < -0.4 is 10.9 Å². The fourth-order valence-electron chi connectivity index (χ4n) is 3.57. The summed E-state index contributed by atoms with van der Waals surface area (Å²) >= 11 is 0. The molecule has 2 N–H and O–H groups in total. The monoisotopic (exact) mass is 416 g/mol. The van der Waals surface area contributed by atoms with Gasteiger partial charge in [0.25, 0.3) is 11.5 Å². The number of hydrogen-bond donors (Lipinski definition) is 2. The summed E-state index contributed by atoms with van der Waals surface area (Å²) in [5, 5.41) is 5.79. The SMILES string of the molecule is CCCCN1C(=O)N/C(=C\c2c(-c3ccccc3)[nH]n(Cc3ccccc3)c2=O)C1=O. The molecule has 3 amide bonds. The maximum absolute atomic E-state index is 13.2. The maximum atomic E-state index is 13.2. The number of rotatable bonds is 7. The van der Waals surface area contributed by atoms with Crippen molar-refractivity contribution in [2.75, 3.05) is 6.54 Å². The summed E-state index contributed by atoms with van der Waals surface area (Å²) in [5.74, 6) is -0.410. The lowest BCUT2D eigenvalue weighted by atomic mass is 10.1. The van der Waals surface area contributed by atoms with Gasteiger partial charge in [-0.3, -0.25) is 19.6 Å². The molecule has 1 aliphatic rings. The average molecular weight is 416 g/mol. The zero-order valence-corrected chi connectivity index (χ0v) is 17.3. The second-order valence-electron chi connectivity index (χ2n) is 7.44. The number of nitrogens with one attached hydrogen (secondary N) is 2. The van der Waals surface area contributed by atoms with Crippen LogP contribution >= 0.6 is 0 Å². The molecule has 31 heavy (non-hydrogen) atoms. The Morgan fingerprint density at radius 3 is 2.29 bits per heavy atom. The maximum Gasteiger partial charge on any atom is 0.329 e. The minimum absolute atomic E-state index is 0.112. The summed E-state index contributed by atoms with van der Waals surface area (Å²) in [7, 11) is 0.